The van der Waals surface area contributed by atoms with Crippen LogP contribution in [0, 0.1) is 0 Å². The molecular weight excluding hydrogens is 222 g/mol. The Bertz CT molecular complexity index is 456. The number of piperidine rings is 1. The molecule has 3 nitrogen and oxygen atoms in total. The highest BCUT2D eigenvalue weighted by Gasteiger charge is 2.20. The van der Waals surface area contributed by atoms with Gasteiger partial charge in [0.05, 0.1) is 13.0 Å². The van der Waals surface area contributed by atoms with Gasteiger partial charge in [-0.15, -0.1) is 0 Å². The summed E-state index contributed by atoms with van der Waals surface area (Å²) in [5, 5.41) is 0. The lowest BCUT2D eigenvalue weighted by Crippen LogP contribution is -2.34. The van der Waals surface area contributed by atoms with Crippen LogP contribution in [-0.2, 0) is 6.67 Å². The monoisotopic (exact) mass is 241 g/mol. The van der Waals surface area contributed by atoms with Crippen molar-refractivity contribution in [2.24, 2.45) is 0 Å². The Kier molecular flexibility index (Phi) is 3.42. The van der Waals surface area contributed by atoms with Gasteiger partial charge in [-0.05, 0) is 24.3 Å². The zero-order valence-corrected chi connectivity index (χ0v) is 10.6. The average Bonchev–Trinajstić information content (AvgIpc) is 2.94. The molecule has 1 aliphatic rings. The Balaban J connectivity index is 1.55. The summed E-state index contributed by atoms with van der Waals surface area (Å²) in [5.74, 6) is 0.741. The summed E-state index contributed by atoms with van der Waals surface area (Å²) in [4.78, 5) is 6.59. The van der Waals surface area contributed by atoms with E-state index in [-0.39, 0.29) is 0 Å². The second-order valence-corrected chi connectivity index (χ2v) is 5.02. The molecular formula is C15H19N3. The first-order chi connectivity index (χ1) is 8.92. The molecule has 0 spiro atoms. The van der Waals surface area contributed by atoms with E-state index in [1.807, 2.05) is 18.7 Å². The molecule has 0 atom stereocenters. The van der Waals surface area contributed by atoms with Gasteiger partial charge in [0, 0.05) is 25.5 Å². The van der Waals surface area contributed by atoms with E-state index in [1.165, 1.54) is 31.5 Å². The van der Waals surface area contributed by atoms with Gasteiger partial charge < -0.3 is 4.57 Å². The number of benzene rings is 1. The van der Waals surface area contributed by atoms with Gasteiger partial charge >= 0.3 is 0 Å². The summed E-state index contributed by atoms with van der Waals surface area (Å²) in [6.45, 7) is 3.33. The van der Waals surface area contributed by atoms with Crippen molar-refractivity contribution in [1.29, 1.82) is 0 Å². The van der Waals surface area contributed by atoms with E-state index < -0.39 is 0 Å². The lowest BCUT2D eigenvalue weighted by atomic mass is 9.90. The molecule has 1 fully saturated rings. The van der Waals surface area contributed by atoms with Crippen molar-refractivity contribution in [3.05, 3.63) is 54.6 Å². The largest absolute Gasteiger partial charge is 0.324 e. The number of rotatable bonds is 3. The first-order valence-electron chi connectivity index (χ1n) is 6.65. The molecule has 0 amide bonds. The molecule has 94 valence electrons. The first-order valence-corrected chi connectivity index (χ1v) is 6.65. The van der Waals surface area contributed by atoms with Crippen molar-refractivity contribution in [2.45, 2.75) is 25.4 Å². The quantitative estimate of drug-likeness (QED) is 0.824. The van der Waals surface area contributed by atoms with Gasteiger partial charge in [-0.25, -0.2) is 4.98 Å². The Labute approximate surface area is 108 Å². The summed E-state index contributed by atoms with van der Waals surface area (Å²) in [6, 6.07) is 10.9. The number of hydrogen-bond donors (Lipinski definition) is 0. The van der Waals surface area contributed by atoms with Crippen molar-refractivity contribution in [2.75, 3.05) is 13.1 Å². The van der Waals surface area contributed by atoms with E-state index in [4.69, 9.17) is 0 Å². The third-order valence-electron chi connectivity index (χ3n) is 3.78. The van der Waals surface area contributed by atoms with Gasteiger partial charge in [0.2, 0.25) is 0 Å². The van der Waals surface area contributed by atoms with E-state index >= 15 is 0 Å². The third-order valence-corrected chi connectivity index (χ3v) is 3.78. The van der Waals surface area contributed by atoms with Crippen LogP contribution in [0.2, 0.25) is 0 Å². The minimum atomic E-state index is 0.741. The minimum absolute atomic E-state index is 0.741. The molecule has 1 aromatic carbocycles. The average molecular weight is 241 g/mol. The van der Waals surface area contributed by atoms with E-state index in [1.54, 1.807) is 0 Å². The van der Waals surface area contributed by atoms with Gasteiger partial charge in [-0.1, -0.05) is 30.3 Å². The third kappa shape index (κ3) is 2.62. The molecule has 0 radical (unpaired) electrons. The topological polar surface area (TPSA) is 21.1 Å². The van der Waals surface area contributed by atoms with Crippen molar-refractivity contribution in [1.82, 2.24) is 14.5 Å². The second kappa shape index (κ2) is 5.36. The van der Waals surface area contributed by atoms with Crippen molar-refractivity contribution < 1.29 is 0 Å². The summed E-state index contributed by atoms with van der Waals surface area (Å²) < 4.78 is 2.14. The molecule has 0 bridgehead atoms. The van der Waals surface area contributed by atoms with Crippen LogP contribution >= 0.6 is 0 Å². The SMILES string of the molecule is c1ccc(C2CCN(Cn3ccnc3)CC2)cc1. The number of aromatic nitrogens is 2. The maximum Gasteiger partial charge on any atom is 0.0956 e. The Morgan fingerprint density at radius 2 is 1.89 bits per heavy atom. The summed E-state index contributed by atoms with van der Waals surface area (Å²) in [7, 11) is 0. The highest BCUT2D eigenvalue weighted by atomic mass is 15.3. The predicted molar refractivity (Wildman–Crippen MR) is 72.2 cm³/mol. The Morgan fingerprint density at radius 3 is 2.56 bits per heavy atom. The van der Waals surface area contributed by atoms with E-state index in [2.05, 4.69) is 44.8 Å². The van der Waals surface area contributed by atoms with Gasteiger partial charge in [-0.2, -0.15) is 0 Å². The van der Waals surface area contributed by atoms with Gasteiger partial charge in [0.1, 0.15) is 0 Å². The zero-order chi connectivity index (χ0) is 12.2. The van der Waals surface area contributed by atoms with Crippen LogP contribution in [0.3, 0.4) is 0 Å². The molecule has 3 rings (SSSR count). The molecule has 0 unspecified atom stereocenters. The molecule has 18 heavy (non-hydrogen) atoms. The fourth-order valence-corrected chi connectivity index (χ4v) is 2.73. The second-order valence-electron chi connectivity index (χ2n) is 5.02. The van der Waals surface area contributed by atoms with Crippen LogP contribution in [0.1, 0.15) is 24.3 Å². The Hall–Kier alpha value is -1.61. The molecule has 3 heteroatoms. The van der Waals surface area contributed by atoms with Crippen molar-refractivity contribution in [3.8, 4) is 0 Å². The molecule has 0 saturated carbocycles. The van der Waals surface area contributed by atoms with E-state index in [0.29, 0.717) is 0 Å². The number of hydrogen-bond acceptors (Lipinski definition) is 2. The molecule has 2 heterocycles. The van der Waals surface area contributed by atoms with Gasteiger partial charge in [0.25, 0.3) is 0 Å². The van der Waals surface area contributed by atoms with Crippen LogP contribution < -0.4 is 0 Å². The lowest BCUT2D eigenvalue weighted by molar-refractivity contribution is 0.169. The van der Waals surface area contributed by atoms with Crippen LogP contribution in [0.4, 0.5) is 0 Å². The summed E-state index contributed by atoms with van der Waals surface area (Å²) >= 11 is 0. The van der Waals surface area contributed by atoms with Crippen LogP contribution in [0.5, 0.6) is 0 Å². The van der Waals surface area contributed by atoms with Crippen LogP contribution in [0.15, 0.2) is 49.1 Å². The number of likely N-dealkylation sites (tertiary alicyclic amines) is 1. The normalized spacial score (nSPS) is 18.0. The van der Waals surface area contributed by atoms with E-state index in [9.17, 15) is 0 Å². The molecule has 0 aliphatic carbocycles. The number of imidazole rings is 1. The minimum Gasteiger partial charge on any atom is -0.324 e. The Morgan fingerprint density at radius 1 is 1.11 bits per heavy atom. The van der Waals surface area contributed by atoms with Gasteiger partial charge in [0.15, 0.2) is 0 Å². The molecule has 1 aromatic heterocycles. The predicted octanol–water partition coefficient (Wildman–Crippen LogP) is 2.72. The molecule has 1 aliphatic heterocycles. The molecule has 1 saturated heterocycles. The standard InChI is InChI=1S/C15H19N3/c1-2-4-14(5-3-1)15-6-9-17(10-7-15)13-18-11-8-16-12-18/h1-5,8,11-12,15H,6-7,9-10,13H2. The maximum absolute atomic E-state index is 4.09. The number of nitrogens with zero attached hydrogens (tertiary/aromatic N) is 3. The highest BCUT2D eigenvalue weighted by Crippen LogP contribution is 2.27. The van der Waals surface area contributed by atoms with Crippen molar-refractivity contribution in [3.63, 3.8) is 0 Å². The van der Waals surface area contributed by atoms with Crippen LogP contribution in [0.25, 0.3) is 0 Å². The van der Waals surface area contributed by atoms with E-state index in [0.717, 1.165) is 12.6 Å². The van der Waals surface area contributed by atoms with Crippen molar-refractivity contribution >= 4 is 0 Å². The zero-order valence-electron chi connectivity index (χ0n) is 10.6. The summed E-state index contributed by atoms with van der Waals surface area (Å²) in [5.41, 5.74) is 1.50. The fraction of sp³-hybridized carbons (Fsp3) is 0.400. The van der Waals surface area contributed by atoms with Crippen LogP contribution in [-0.4, -0.2) is 27.5 Å². The molecule has 0 N–H and O–H groups in total. The first kappa shape index (κ1) is 11.5. The summed E-state index contributed by atoms with van der Waals surface area (Å²) in [6.07, 6.45) is 8.29. The smallest absolute Gasteiger partial charge is 0.0956 e. The fourth-order valence-electron chi connectivity index (χ4n) is 2.73. The highest BCUT2D eigenvalue weighted by molar-refractivity contribution is 5.19. The van der Waals surface area contributed by atoms with Gasteiger partial charge in [-0.3, -0.25) is 4.90 Å². The lowest BCUT2D eigenvalue weighted by Gasteiger charge is -2.32. The molecule has 2 aromatic rings. The maximum atomic E-state index is 4.09.